The van der Waals surface area contributed by atoms with Gasteiger partial charge in [0, 0.05) is 26.1 Å². The van der Waals surface area contributed by atoms with Crippen molar-refractivity contribution in [2.45, 2.75) is 45.2 Å². The topological polar surface area (TPSA) is 64.5 Å². The lowest BCUT2D eigenvalue weighted by Crippen LogP contribution is -2.59. The molecule has 3 heterocycles. The Morgan fingerprint density at radius 3 is 2.88 bits per heavy atom. The van der Waals surface area contributed by atoms with Crippen LogP contribution in [-0.2, 0) is 11.2 Å². The molecule has 0 saturated carbocycles. The molecule has 0 bridgehead atoms. The van der Waals surface area contributed by atoms with E-state index < -0.39 is 4.65 Å². The number of hydrogen-bond acceptors (Lipinski definition) is 7. The lowest BCUT2D eigenvalue weighted by atomic mass is 10.2. The minimum atomic E-state index is -0.400. The van der Waals surface area contributed by atoms with Crippen molar-refractivity contribution in [3.05, 3.63) is 22.9 Å². The van der Waals surface area contributed by atoms with Crippen LogP contribution in [0.2, 0.25) is 0 Å². The quantitative estimate of drug-likeness (QED) is 0.284. The predicted molar refractivity (Wildman–Crippen MR) is 106 cm³/mol. The molecular formula is C18H31N5O2S. The summed E-state index contributed by atoms with van der Waals surface area (Å²) in [6.07, 6.45) is 7.10. The first kappa shape index (κ1) is 19.9. The third-order valence-corrected chi connectivity index (χ3v) is 6.30. The number of hydroxylamine groups is 2. The van der Waals surface area contributed by atoms with Crippen LogP contribution in [0.1, 0.15) is 37.6 Å². The van der Waals surface area contributed by atoms with E-state index in [2.05, 4.69) is 33.5 Å². The Kier molecular flexibility index (Phi) is 7.13. The summed E-state index contributed by atoms with van der Waals surface area (Å²) in [7, 11) is 0. The first-order valence-corrected chi connectivity index (χ1v) is 10.6. The van der Waals surface area contributed by atoms with Gasteiger partial charge >= 0.3 is 5.13 Å². The van der Waals surface area contributed by atoms with Gasteiger partial charge in [-0.05, 0) is 24.2 Å². The van der Waals surface area contributed by atoms with E-state index in [1.165, 1.54) is 24.2 Å². The van der Waals surface area contributed by atoms with Crippen LogP contribution in [0, 0.1) is 5.21 Å². The summed E-state index contributed by atoms with van der Waals surface area (Å²) >= 11 is 1.51. The zero-order chi connectivity index (χ0) is 18.4. The van der Waals surface area contributed by atoms with E-state index >= 15 is 0 Å². The van der Waals surface area contributed by atoms with E-state index in [4.69, 9.17) is 4.74 Å². The van der Waals surface area contributed by atoms with E-state index in [1.807, 2.05) is 6.08 Å². The maximum atomic E-state index is 13.9. The second-order valence-electron chi connectivity index (χ2n) is 7.16. The number of morpholine rings is 1. The molecule has 0 N–H and O–H groups in total. The average Bonchev–Trinajstić information content (AvgIpc) is 3.27. The molecule has 2 aliphatic heterocycles. The molecule has 0 aromatic carbocycles. The molecule has 7 nitrogen and oxygen atoms in total. The van der Waals surface area contributed by atoms with Gasteiger partial charge in [0.25, 0.3) is 0 Å². The molecule has 3 rings (SSSR count). The SMILES string of the molecule is C=CCCN1CC(N2CCOCC2)[N+]([O-])(c2nnc(CCCCC)s2)C1. The van der Waals surface area contributed by atoms with E-state index in [1.54, 1.807) is 0 Å². The summed E-state index contributed by atoms with van der Waals surface area (Å²) < 4.78 is 5.08. The Labute approximate surface area is 160 Å². The number of aromatic nitrogens is 2. The average molecular weight is 382 g/mol. The molecule has 1 aromatic heterocycles. The van der Waals surface area contributed by atoms with Crippen LogP contribution in [0.3, 0.4) is 0 Å². The summed E-state index contributed by atoms with van der Waals surface area (Å²) in [5.41, 5.74) is 0. The molecule has 2 saturated heterocycles. The third kappa shape index (κ3) is 4.49. The van der Waals surface area contributed by atoms with Crippen molar-refractivity contribution < 1.29 is 4.74 Å². The van der Waals surface area contributed by atoms with Crippen molar-refractivity contribution in [3.63, 3.8) is 0 Å². The van der Waals surface area contributed by atoms with Crippen molar-refractivity contribution in [2.24, 2.45) is 0 Å². The molecule has 0 spiro atoms. The summed E-state index contributed by atoms with van der Waals surface area (Å²) in [5, 5.41) is 24.2. The normalized spacial score (nSPS) is 27.8. The standard InChI is InChI=1S/C18H31N5O2S/c1-3-5-7-8-16-19-20-18(26-16)23(24)15-21(9-6-4-2)14-17(23)22-10-12-25-13-11-22/h4,17H,2-3,5-15H2,1H3. The fraction of sp³-hybridized carbons (Fsp3) is 0.778. The van der Waals surface area contributed by atoms with Crippen LogP contribution < -0.4 is 4.65 Å². The van der Waals surface area contributed by atoms with E-state index in [0.29, 0.717) is 25.0 Å². The van der Waals surface area contributed by atoms with Crippen LogP contribution in [0.4, 0.5) is 5.13 Å². The zero-order valence-electron chi connectivity index (χ0n) is 15.8. The highest BCUT2D eigenvalue weighted by Crippen LogP contribution is 2.35. The zero-order valence-corrected chi connectivity index (χ0v) is 16.6. The van der Waals surface area contributed by atoms with Crippen LogP contribution in [0.15, 0.2) is 12.7 Å². The van der Waals surface area contributed by atoms with Crippen molar-refractivity contribution in [1.82, 2.24) is 24.6 Å². The van der Waals surface area contributed by atoms with Crippen LogP contribution in [0.5, 0.6) is 0 Å². The number of hydrogen-bond donors (Lipinski definition) is 0. The van der Waals surface area contributed by atoms with Gasteiger partial charge in [0.15, 0.2) is 6.17 Å². The first-order valence-electron chi connectivity index (χ1n) is 9.74. The van der Waals surface area contributed by atoms with Crippen LogP contribution in [0.25, 0.3) is 0 Å². The summed E-state index contributed by atoms with van der Waals surface area (Å²) in [4.78, 5) is 4.52. The lowest BCUT2D eigenvalue weighted by Gasteiger charge is -2.45. The molecular weight excluding hydrogens is 350 g/mol. The van der Waals surface area contributed by atoms with Gasteiger partial charge in [0.05, 0.1) is 19.8 Å². The van der Waals surface area contributed by atoms with Crippen molar-refractivity contribution >= 4 is 16.5 Å². The Hall–Kier alpha value is -0.900. The van der Waals surface area contributed by atoms with Crippen molar-refractivity contribution in [3.8, 4) is 0 Å². The van der Waals surface area contributed by atoms with Gasteiger partial charge in [-0.2, -0.15) is 0 Å². The number of rotatable bonds is 9. The maximum Gasteiger partial charge on any atom is 0.309 e. The van der Waals surface area contributed by atoms with E-state index in [0.717, 1.165) is 50.4 Å². The van der Waals surface area contributed by atoms with Gasteiger partial charge < -0.3 is 9.94 Å². The lowest BCUT2D eigenvalue weighted by molar-refractivity contribution is -0.00416. The van der Waals surface area contributed by atoms with Gasteiger partial charge in [0.2, 0.25) is 0 Å². The Balaban J connectivity index is 1.76. The number of aryl methyl sites for hydroxylation is 1. The molecule has 2 unspecified atom stereocenters. The maximum absolute atomic E-state index is 13.9. The molecule has 2 aliphatic rings. The minimum absolute atomic E-state index is 0.125. The fourth-order valence-electron chi connectivity index (χ4n) is 3.72. The second kappa shape index (κ2) is 9.34. The molecule has 146 valence electrons. The smallest absolute Gasteiger partial charge is 0.309 e. The van der Waals surface area contributed by atoms with Crippen molar-refractivity contribution in [2.75, 3.05) is 46.1 Å². The number of ether oxygens (including phenoxy) is 1. The van der Waals surface area contributed by atoms with Gasteiger partial charge in [-0.15, -0.1) is 11.7 Å². The van der Waals surface area contributed by atoms with Gasteiger partial charge in [0.1, 0.15) is 11.7 Å². The molecule has 2 fully saturated rings. The predicted octanol–water partition coefficient (Wildman–Crippen LogP) is 2.58. The van der Waals surface area contributed by atoms with Crippen molar-refractivity contribution in [1.29, 1.82) is 0 Å². The Bertz CT molecular complexity index is 578. The van der Waals surface area contributed by atoms with Gasteiger partial charge in [-0.1, -0.05) is 30.9 Å². The first-order chi connectivity index (χ1) is 12.7. The highest BCUT2D eigenvalue weighted by molar-refractivity contribution is 7.15. The van der Waals surface area contributed by atoms with Crippen LogP contribution >= 0.6 is 11.3 Å². The molecule has 0 amide bonds. The second-order valence-corrected chi connectivity index (χ2v) is 8.20. The number of unbranched alkanes of at least 4 members (excludes halogenated alkanes) is 2. The monoisotopic (exact) mass is 381 g/mol. The molecule has 1 aromatic rings. The highest BCUT2D eigenvalue weighted by atomic mass is 32.1. The molecule has 2 atom stereocenters. The Morgan fingerprint density at radius 1 is 1.35 bits per heavy atom. The number of nitrogens with zero attached hydrogens (tertiary/aromatic N) is 5. The van der Waals surface area contributed by atoms with Crippen LogP contribution in [-0.4, -0.2) is 72.2 Å². The largest absolute Gasteiger partial charge is 0.623 e. The van der Waals surface area contributed by atoms with E-state index in [-0.39, 0.29) is 6.17 Å². The van der Waals surface area contributed by atoms with Gasteiger partial charge in [-0.25, -0.2) is 9.80 Å². The summed E-state index contributed by atoms with van der Waals surface area (Å²) in [5.74, 6) is 0. The molecule has 0 aliphatic carbocycles. The number of quaternary nitrogens is 1. The Morgan fingerprint density at radius 2 is 2.15 bits per heavy atom. The third-order valence-electron chi connectivity index (χ3n) is 5.20. The fourth-order valence-corrected chi connectivity index (χ4v) is 4.67. The molecule has 8 heteroatoms. The highest BCUT2D eigenvalue weighted by Gasteiger charge is 2.47. The van der Waals surface area contributed by atoms with Gasteiger partial charge in [-0.3, -0.25) is 4.65 Å². The van der Waals surface area contributed by atoms with E-state index in [9.17, 15) is 5.21 Å². The summed E-state index contributed by atoms with van der Waals surface area (Å²) in [6.45, 7) is 11.1. The summed E-state index contributed by atoms with van der Waals surface area (Å²) in [6, 6.07) is 0. The molecule has 26 heavy (non-hydrogen) atoms. The minimum Gasteiger partial charge on any atom is -0.623 e. The molecule has 0 radical (unpaired) electrons.